The lowest BCUT2D eigenvalue weighted by Crippen LogP contribution is -2.40. The van der Waals surface area contributed by atoms with Crippen molar-refractivity contribution in [3.8, 4) is 6.07 Å². The summed E-state index contributed by atoms with van der Waals surface area (Å²) in [5.74, 6) is 0. The highest BCUT2D eigenvalue weighted by Gasteiger charge is 2.31. The van der Waals surface area contributed by atoms with E-state index in [1.54, 1.807) is 19.9 Å². The summed E-state index contributed by atoms with van der Waals surface area (Å²) < 4.78 is 26.7. The summed E-state index contributed by atoms with van der Waals surface area (Å²) in [7, 11) is -3.32. The molecule has 0 saturated carbocycles. The summed E-state index contributed by atoms with van der Waals surface area (Å²) in [5, 5.41) is 8.46. The molecule has 2 rings (SSSR count). The van der Waals surface area contributed by atoms with Crippen LogP contribution in [0.1, 0.15) is 38.7 Å². The fraction of sp³-hybridized carbons (Fsp3) is 0.588. The van der Waals surface area contributed by atoms with Crippen molar-refractivity contribution in [3.63, 3.8) is 0 Å². The minimum Gasteiger partial charge on any atom is -0.299 e. The third kappa shape index (κ3) is 5.33. The molecule has 0 unspecified atom stereocenters. The Morgan fingerprint density at radius 2 is 2.04 bits per heavy atom. The predicted molar refractivity (Wildman–Crippen MR) is 106 cm³/mol. The maximum absolute atomic E-state index is 12.0. The molecule has 132 valence electrons. The van der Waals surface area contributed by atoms with E-state index in [1.165, 1.54) is 0 Å². The number of nitrogens with zero attached hydrogens (tertiary/aromatic N) is 2. The van der Waals surface area contributed by atoms with Crippen LogP contribution in [0.2, 0.25) is 0 Å². The van der Waals surface area contributed by atoms with Crippen molar-refractivity contribution in [2.75, 3.05) is 17.8 Å². The van der Waals surface area contributed by atoms with Gasteiger partial charge in [0, 0.05) is 22.1 Å². The first kappa shape index (κ1) is 19.5. The van der Waals surface area contributed by atoms with Gasteiger partial charge in [-0.1, -0.05) is 34.7 Å². The van der Waals surface area contributed by atoms with E-state index in [-0.39, 0.29) is 3.42 Å². The molecule has 0 bridgehead atoms. The Morgan fingerprint density at radius 1 is 1.38 bits per heavy atom. The second kappa shape index (κ2) is 8.02. The fourth-order valence-corrected chi connectivity index (χ4v) is 4.05. The highest BCUT2D eigenvalue weighted by Crippen LogP contribution is 2.35. The van der Waals surface area contributed by atoms with E-state index < -0.39 is 15.3 Å². The monoisotopic (exact) mass is 461 g/mol. The van der Waals surface area contributed by atoms with Crippen molar-refractivity contribution < 1.29 is 8.42 Å². The molecule has 24 heavy (non-hydrogen) atoms. The van der Waals surface area contributed by atoms with Crippen LogP contribution in [0.5, 0.6) is 0 Å². The zero-order valence-electron chi connectivity index (χ0n) is 14.1. The van der Waals surface area contributed by atoms with Crippen molar-refractivity contribution in [2.45, 2.75) is 48.3 Å². The number of sulfonamides is 1. The molecule has 1 aromatic rings. The summed E-state index contributed by atoms with van der Waals surface area (Å²) in [4.78, 5) is 2.37. The molecule has 1 aromatic carbocycles. The standard InChI is InChI=1S/C17H24IN3O2S/c1-14(2)24(22,23)20-16-5-3-4-15(12-16)13-21-10-7-17(18,6-9-19)8-11-21/h3-5,12,14,20H,6-8,10-11,13H2,1-2H3. The number of anilines is 1. The van der Waals surface area contributed by atoms with E-state index in [9.17, 15) is 8.42 Å². The second-order valence-electron chi connectivity index (χ2n) is 6.66. The van der Waals surface area contributed by atoms with Gasteiger partial charge in [-0.2, -0.15) is 5.26 Å². The average Bonchev–Trinajstić information content (AvgIpc) is 2.50. The van der Waals surface area contributed by atoms with Gasteiger partial charge in [0.05, 0.1) is 11.3 Å². The molecule has 1 aliphatic heterocycles. The van der Waals surface area contributed by atoms with Crippen LogP contribution in [0.3, 0.4) is 0 Å². The number of alkyl halides is 1. The number of hydrogen-bond acceptors (Lipinski definition) is 4. The SMILES string of the molecule is CC(C)S(=O)(=O)Nc1cccc(CN2CCC(I)(CC#N)CC2)c1. The van der Waals surface area contributed by atoms with Gasteiger partial charge in [-0.3, -0.25) is 9.62 Å². The number of piperidine rings is 1. The third-order valence-corrected chi connectivity index (χ3v) is 7.58. The number of halogens is 1. The molecular weight excluding hydrogens is 437 g/mol. The second-order valence-corrected chi connectivity index (χ2v) is 11.2. The van der Waals surface area contributed by atoms with E-state index >= 15 is 0 Å². The summed E-state index contributed by atoms with van der Waals surface area (Å²) in [6, 6.07) is 9.88. The Hall–Kier alpha value is -0.850. The van der Waals surface area contributed by atoms with Gasteiger partial charge in [0.15, 0.2) is 0 Å². The van der Waals surface area contributed by atoms with E-state index in [0.717, 1.165) is 38.0 Å². The molecule has 0 amide bonds. The van der Waals surface area contributed by atoms with E-state index in [1.807, 2.05) is 18.2 Å². The van der Waals surface area contributed by atoms with Crippen LogP contribution in [0.15, 0.2) is 24.3 Å². The van der Waals surface area contributed by atoms with Gasteiger partial charge in [0.2, 0.25) is 10.0 Å². The highest BCUT2D eigenvalue weighted by atomic mass is 127. The van der Waals surface area contributed by atoms with E-state index in [2.05, 4.69) is 38.3 Å². The number of nitriles is 1. The van der Waals surface area contributed by atoms with Crippen LogP contribution in [0.4, 0.5) is 5.69 Å². The minimum absolute atomic E-state index is 0.109. The lowest BCUT2D eigenvalue weighted by atomic mass is 9.94. The number of rotatable bonds is 6. The Balaban J connectivity index is 1.98. The molecule has 1 fully saturated rings. The fourth-order valence-electron chi connectivity index (χ4n) is 2.70. The van der Waals surface area contributed by atoms with Crippen LogP contribution in [-0.2, 0) is 16.6 Å². The summed E-state index contributed by atoms with van der Waals surface area (Å²) in [5.41, 5.74) is 1.71. The number of hydrogen-bond donors (Lipinski definition) is 1. The number of benzene rings is 1. The Labute approximate surface area is 158 Å². The van der Waals surface area contributed by atoms with Crippen molar-refractivity contribution in [1.29, 1.82) is 5.26 Å². The highest BCUT2D eigenvalue weighted by molar-refractivity contribution is 14.1. The van der Waals surface area contributed by atoms with Crippen molar-refractivity contribution in [1.82, 2.24) is 4.90 Å². The molecule has 0 aromatic heterocycles. The average molecular weight is 461 g/mol. The molecule has 0 aliphatic carbocycles. The van der Waals surface area contributed by atoms with Crippen molar-refractivity contribution >= 4 is 38.3 Å². The minimum atomic E-state index is -3.32. The topological polar surface area (TPSA) is 73.2 Å². The number of nitrogens with one attached hydrogen (secondary N) is 1. The molecular formula is C17H24IN3O2S. The van der Waals surface area contributed by atoms with Crippen molar-refractivity contribution in [2.24, 2.45) is 0 Å². The van der Waals surface area contributed by atoms with Crippen LogP contribution in [0, 0.1) is 11.3 Å². The van der Waals surface area contributed by atoms with Gasteiger partial charge in [0.1, 0.15) is 0 Å². The third-order valence-electron chi connectivity index (χ3n) is 4.36. The first-order valence-corrected chi connectivity index (χ1v) is 10.8. The zero-order valence-corrected chi connectivity index (χ0v) is 17.1. The summed E-state index contributed by atoms with van der Waals surface area (Å²) in [6.07, 6.45) is 2.63. The predicted octanol–water partition coefficient (Wildman–Crippen LogP) is 3.52. The van der Waals surface area contributed by atoms with Gasteiger partial charge >= 0.3 is 0 Å². The smallest absolute Gasteiger partial charge is 0.235 e. The first-order chi connectivity index (χ1) is 11.2. The van der Waals surface area contributed by atoms with Crippen LogP contribution in [-0.4, -0.2) is 35.1 Å². The van der Waals surface area contributed by atoms with Crippen LogP contribution in [0.25, 0.3) is 0 Å². The molecule has 7 heteroatoms. The molecule has 1 N–H and O–H groups in total. The van der Waals surface area contributed by atoms with Gasteiger partial charge in [-0.05, 0) is 57.5 Å². The Bertz CT molecular complexity index is 705. The van der Waals surface area contributed by atoms with Gasteiger partial charge < -0.3 is 0 Å². The number of likely N-dealkylation sites (tertiary alicyclic amines) is 1. The molecule has 1 saturated heterocycles. The largest absolute Gasteiger partial charge is 0.299 e. The van der Waals surface area contributed by atoms with Crippen molar-refractivity contribution in [3.05, 3.63) is 29.8 Å². The van der Waals surface area contributed by atoms with E-state index in [4.69, 9.17) is 5.26 Å². The quantitative estimate of drug-likeness (QED) is 0.520. The zero-order chi connectivity index (χ0) is 17.8. The summed E-state index contributed by atoms with van der Waals surface area (Å²) in [6.45, 7) is 6.06. The molecule has 1 aliphatic rings. The van der Waals surface area contributed by atoms with Gasteiger partial charge in [-0.15, -0.1) is 0 Å². The van der Waals surface area contributed by atoms with Gasteiger partial charge in [0.25, 0.3) is 0 Å². The lowest BCUT2D eigenvalue weighted by molar-refractivity contribution is 0.199. The van der Waals surface area contributed by atoms with E-state index in [0.29, 0.717) is 12.1 Å². The molecule has 5 nitrogen and oxygen atoms in total. The van der Waals surface area contributed by atoms with Gasteiger partial charge in [-0.25, -0.2) is 8.42 Å². The molecule has 0 atom stereocenters. The Morgan fingerprint density at radius 3 is 2.62 bits per heavy atom. The lowest BCUT2D eigenvalue weighted by Gasteiger charge is -2.36. The van der Waals surface area contributed by atoms with Crippen LogP contribution < -0.4 is 4.72 Å². The normalized spacial score (nSPS) is 18.3. The molecule has 0 radical (unpaired) electrons. The Kier molecular flexibility index (Phi) is 6.51. The maximum atomic E-state index is 12.0. The summed E-state index contributed by atoms with van der Waals surface area (Å²) >= 11 is 2.43. The molecule has 0 spiro atoms. The molecule has 1 heterocycles. The van der Waals surface area contributed by atoms with Crippen LogP contribution >= 0.6 is 22.6 Å². The first-order valence-electron chi connectivity index (χ1n) is 8.13. The maximum Gasteiger partial charge on any atom is 0.235 e.